The lowest BCUT2D eigenvalue weighted by Gasteiger charge is -2.02. The molecule has 0 amide bonds. The number of H-pyrrole nitrogens is 1. The fourth-order valence-corrected chi connectivity index (χ4v) is 2.48. The van der Waals surface area contributed by atoms with Crippen molar-refractivity contribution in [3.63, 3.8) is 0 Å². The Balaban J connectivity index is 1.52. The molecule has 104 valence electrons. The minimum Gasteiger partial charge on any atom is -0.465 e. The third-order valence-electron chi connectivity index (χ3n) is 3.61. The van der Waals surface area contributed by atoms with Crippen molar-refractivity contribution in [2.75, 3.05) is 6.54 Å². The molecule has 20 heavy (non-hydrogen) atoms. The fraction of sp³-hybridized carbons (Fsp3) is 0.294. The third-order valence-corrected chi connectivity index (χ3v) is 3.61. The van der Waals surface area contributed by atoms with Crippen LogP contribution < -0.4 is 5.32 Å². The van der Waals surface area contributed by atoms with E-state index >= 15 is 0 Å². The van der Waals surface area contributed by atoms with E-state index in [1.165, 1.54) is 16.5 Å². The summed E-state index contributed by atoms with van der Waals surface area (Å²) < 4.78 is 5.67. The molecule has 3 nitrogen and oxygen atoms in total. The van der Waals surface area contributed by atoms with Gasteiger partial charge in [0.25, 0.3) is 0 Å². The lowest BCUT2D eigenvalue weighted by molar-refractivity contribution is 0.451. The molecule has 3 rings (SSSR count). The maximum absolute atomic E-state index is 5.67. The quantitative estimate of drug-likeness (QED) is 0.670. The van der Waals surface area contributed by atoms with Crippen LogP contribution >= 0.6 is 0 Å². The van der Waals surface area contributed by atoms with Crippen molar-refractivity contribution in [1.29, 1.82) is 0 Å². The minimum atomic E-state index is 0.794. The molecule has 0 atom stereocenters. The predicted molar refractivity (Wildman–Crippen MR) is 81.8 cm³/mol. The highest BCUT2D eigenvalue weighted by Gasteiger charge is 2.03. The van der Waals surface area contributed by atoms with Crippen LogP contribution in [0.2, 0.25) is 0 Å². The summed E-state index contributed by atoms with van der Waals surface area (Å²) >= 11 is 0. The van der Waals surface area contributed by atoms with E-state index < -0.39 is 0 Å². The van der Waals surface area contributed by atoms with Crippen LogP contribution in [0.5, 0.6) is 0 Å². The Morgan fingerprint density at radius 3 is 2.80 bits per heavy atom. The Bertz CT molecular complexity index is 681. The average molecular weight is 268 g/mol. The first-order valence-corrected chi connectivity index (χ1v) is 7.20. The average Bonchev–Trinajstić information content (AvgIpc) is 3.10. The van der Waals surface area contributed by atoms with E-state index in [4.69, 9.17) is 4.42 Å². The molecule has 0 aliphatic carbocycles. The SMILES string of the molecule is CCc1ccc(CNCCc2c[nH]c3ccccc23)o1. The Morgan fingerprint density at radius 2 is 1.95 bits per heavy atom. The zero-order valence-electron chi connectivity index (χ0n) is 11.8. The molecule has 2 heterocycles. The van der Waals surface area contributed by atoms with Crippen molar-refractivity contribution < 1.29 is 4.42 Å². The topological polar surface area (TPSA) is 41.0 Å². The maximum atomic E-state index is 5.67. The lowest BCUT2D eigenvalue weighted by Crippen LogP contribution is -2.16. The Kier molecular flexibility index (Phi) is 3.88. The van der Waals surface area contributed by atoms with Gasteiger partial charge in [0, 0.05) is 23.5 Å². The summed E-state index contributed by atoms with van der Waals surface area (Å²) in [4.78, 5) is 3.31. The molecule has 0 radical (unpaired) electrons. The molecule has 2 N–H and O–H groups in total. The molecule has 0 bridgehead atoms. The van der Waals surface area contributed by atoms with Gasteiger partial charge in [-0.05, 0) is 36.7 Å². The Labute approximate surface area is 119 Å². The first-order valence-electron chi connectivity index (χ1n) is 7.20. The molecular formula is C17H20N2O. The maximum Gasteiger partial charge on any atom is 0.117 e. The number of hydrogen-bond acceptors (Lipinski definition) is 2. The highest BCUT2D eigenvalue weighted by Crippen LogP contribution is 2.17. The second-order valence-corrected chi connectivity index (χ2v) is 5.01. The smallest absolute Gasteiger partial charge is 0.117 e. The number of para-hydroxylation sites is 1. The molecule has 0 saturated carbocycles. The number of aromatic nitrogens is 1. The van der Waals surface area contributed by atoms with Gasteiger partial charge in [-0.2, -0.15) is 0 Å². The molecular weight excluding hydrogens is 248 g/mol. The van der Waals surface area contributed by atoms with Crippen molar-refractivity contribution in [3.05, 3.63) is 59.7 Å². The van der Waals surface area contributed by atoms with Gasteiger partial charge >= 0.3 is 0 Å². The molecule has 0 aliphatic rings. The largest absolute Gasteiger partial charge is 0.465 e. The fourth-order valence-electron chi connectivity index (χ4n) is 2.48. The lowest BCUT2D eigenvalue weighted by atomic mass is 10.1. The Hall–Kier alpha value is -2.00. The van der Waals surface area contributed by atoms with E-state index in [1.807, 2.05) is 0 Å². The summed E-state index contributed by atoms with van der Waals surface area (Å²) in [6.45, 7) is 3.85. The molecule has 0 saturated heterocycles. The van der Waals surface area contributed by atoms with Crippen molar-refractivity contribution >= 4 is 10.9 Å². The van der Waals surface area contributed by atoms with Crippen molar-refractivity contribution in [3.8, 4) is 0 Å². The molecule has 0 aliphatic heterocycles. The number of furan rings is 1. The number of nitrogens with one attached hydrogen (secondary N) is 2. The van der Waals surface area contributed by atoms with Gasteiger partial charge in [-0.3, -0.25) is 0 Å². The molecule has 3 aromatic rings. The summed E-state index contributed by atoms with van der Waals surface area (Å²) in [5, 5.41) is 4.75. The number of benzene rings is 1. The van der Waals surface area contributed by atoms with Gasteiger partial charge in [-0.1, -0.05) is 25.1 Å². The van der Waals surface area contributed by atoms with Crippen molar-refractivity contribution in [2.45, 2.75) is 26.3 Å². The first-order chi connectivity index (χ1) is 9.86. The third kappa shape index (κ3) is 2.78. The van der Waals surface area contributed by atoms with Crippen molar-refractivity contribution in [1.82, 2.24) is 10.3 Å². The first kappa shape index (κ1) is 13.0. The molecule has 2 aromatic heterocycles. The summed E-state index contributed by atoms with van der Waals surface area (Å²) in [6, 6.07) is 12.5. The van der Waals surface area contributed by atoms with E-state index in [2.05, 4.69) is 59.8 Å². The number of hydrogen-bond donors (Lipinski definition) is 2. The van der Waals surface area contributed by atoms with Gasteiger partial charge < -0.3 is 14.7 Å². The van der Waals surface area contributed by atoms with Gasteiger partial charge in [0.05, 0.1) is 6.54 Å². The number of fused-ring (bicyclic) bond motifs is 1. The molecule has 1 aromatic carbocycles. The second-order valence-electron chi connectivity index (χ2n) is 5.01. The second kappa shape index (κ2) is 5.97. The van der Waals surface area contributed by atoms with Crippen LogP contribution in [0.3, 0.4) is 0 Å². The summed E-state index contributed by atoms with van der Waals surface area (Å²) in [7, 11) is 0. The van der Waals surface area contributed by atoms with Gasteiger partial charge in [-0.15, -0.1) is 0 Å². The Morgan fingerprint density at radius 1 is 1.10 bits per heavy atom. The van der Waals surface area contributed by atoms with E-state index in [1.54, 1.807) is 0 Å². The normalized spacial score (nSPS) is 11.2. The summed E-state index contributed by atoms with van der Waals surface area (Å²) in [6.07, 6.45) is 4.08. The van der Waals surface area contributed by atoms with Gasteiger partial charge in [0.15, 0.2) is 0 Å². The summed E-state index contributed by atoms with van der Waals surface area (Å²) in [5.41, 5.74) is 2.57. The van der Waals surface area contributed by atoms with Crippen LogP contribution in [0.15, 0.2) is 47.0 Å². The van der Waals surface area contributed by atoms with Crippen LogP contribution in [0.25, 0.3) is 10.9 Å². The van der Waals surface area contributed by atoms with Crippen LogP contribution in [0, 0.1) is 0 Å². The highest BCUT2D eigenvalue weighted by molar-refractivity contribution is 5.83. The summed E-state index contributed by atoms with van der Waals surface area (Å²) in [5.74, 6) is 2.07. The van der Waals surface area contributed by atoms with Crippen LogP contribution in [0.4, 0.5) is 0 Å². The standard InChI is InChI=1S/C17H20N2O/c1-2-14-7-8-15(20-14)12-18-10-9-13-11-19-17-6-4-3-5-16(13)17/h3-8,11,18-19H,2,9-10,12H2,1H3. The predicted octanol–water partition coefficient (Wildman–Crippen LogP) is 3.66. The minimum absolute atomic E-state index is 0.794. The van der Waals surface area contributed by atoms with Crippen LogP contribution in [0.1, 0.15) is 24.0 Å². The zero-order chi connectivity index (χ0) is 13.8. The van der Waals surface area contributed by atoms with Gasteiger partial charge in [-0.25, -0.2) is 0 Å². The van der Waals surface area contributed by atoms with E-state index in [-0.39, 0.29) is 0 Å². The van der Waals surface area contributed by atoms with Crippen LogP contribution in [-0.4, -0.2) is 11.5 Å². The molecule has 0 unspecified atom stereocenters. The van der Waals surface area contributed by atoms with Crippen molar-refractivity contribution in [2.24, 2.45) is 0 Å². The monoisotopic (exact) mass is 268 g/mol. The van der Waals surface area contributed by atoms with Crippen LogP contribution in [-0.2, 0) is 19.4 Å². The van der Waals surface area contributed by atoms with E-state index in [0.29, 0.717) is 0 Å². The highest BCUT2D eigenvalue weighted by atomic mass is 16.3. The molecule has 0 fully saturated rings. The van der Waals surface area contributed by atoms with Gasteiger partial charge in [0.2, 0.25) is 0 Å². The number of rotatable bonds is 6. The van der Waals surface area contributed by atoms with E-state index in [9.17, 15) is 0 Å². The molecule has 0 spiro atoms. The van der Waals surface area contributed by atoms with Gasteiger partial charge in [0.1, 0.15) is 11.5 Å². The van der Waals surface area contributed by atoms with E-state index in [0.717, 1.165) is 37.5 Å². The number of aryl methyl sites for hydroxylation is 1. The number of aromatic amines is 1. The zero-order valence-corrected chi connectivity index (χ0v) is 11.8. The molecule has 3 heteroatoms.